The third-order valence-corrected chi connectivity index (χ3v) is 6.99. The fraction of sp³-hybridized carbons (Fsp3) is 0.469. The summed E-state index contributed by atoms with van der Waals surface area (Å²) in [6.45, 7) is 7.48. The van der Waals surface area contributed by atoms with E-state index in [1.165, 1.54) is 0 Å². The highest BCUT2D eigenvalue weighted by Crippen LogP contribution is 2.20. The number of rotatable bonds is 16. The van der Waals surface area contributed by atoms with Crippen LogP contribution >= 0.6 is 0 Å². The number of fused-ring (bicyclic) bond motifs is 1. The van der Waals surface area contributed by atoms with Gasteiger partial charge in [0.2, 0.25) is 11.8 Å². The molecule has 0 aliphatic rings. The molecule has 0 fully saturated rings. The van der Waals surface area contributed by atoms with Gasteiger partial charge in [0, 0.05) is 42.5 Å². The van der Waals surface area contributed by atoms with Crippen LogP contribution in [-0.2, 0) is 27.4 Å². The molecule has 1 heterocycles. The van der Waals surface area contributed by atoms with E-state index in [1.54, 1.807) is 0 Å². The number of ether oxygens (including phenoxy) is 1. The molecule has 0 bridgehead atoms. The molecule has 2 atom stereocenters. The van der Waals surface area contributed by atoms with Gasteiger partial charge in [-0.1, -0.05) is 69.3 Å². The Bertz CT molecular complexity index is 1210. The largest absolute Gasteiger partial charge is 0.445 e. The first kappa shape index (κ1) is 30.7. The molecule has 0 radical (unpaired) electrons. The monoisotopic (exact) mass is 548 g/mol. The van der Waals surface area contributed by atoms with Crippen LogP contribution in [-0.4, -0.2) is 42.0 Å². The number of alkyl carbamates (subject to hydrolysis) is 1. The van der Waals surface area contributed by atoms with Crippen LogP contribution in [0.4, 0.5) is 4.79 Å². The van der Waals surface area contributed by atoms with E-state index >= 15 is 0 Å². The Morgan fingerprint density at radius 3 is 2.30 bits per heavy atom. The quantitative estimate of drug-likeness (QED) is 0.178. The average molecular weight is 549 g/mol. The molecule has 3 rings (SSSR count). The summed E-state index contributed by atoms with van der Waals surface area (Å²) >= 11 is 0. The van der Waals surface area contributed by atoms with E-state index in [-0.39, 0.29) is 24.3 Å². The van der Waals surface area contributed by atoms with E-state index in [0.717, 1.165) is 54.1 Å². The van der Waals surface area contributed by atoms with Gasteiger partial charge in [-0.2, -0.15) is 0 Å². The van der Waals surface area contributed by atoms with Crippen molar-refractivity contribution in [2.75, 3.05) is 13.1 Å². The second kappa shape index (κ2) is 16.3. The first-order valence-corrected chi connectivity index (χ1v) is 14.4. The predicted octanol–water partition coefficient (Wildman–Crippen LogP) is 5.48. The van der Waals surface area contributed by atoms with E-state index in [4.69, 9.17) is 4.74 Å². The Hall–Kier alpha value is -3.81. The first-order valence-electron chi connectivity index (χ1n) is 14.4. The molecule has 216 valence electrons. The molecule has 1 aromatic heterocycles. The third-order valence-electron chi connectivity index (χ3n) is 6.99. The summed E-state index contributed by atoms with van der Waals surface area (Å²) < 4.78 is 5.22. The molecule has 3 aromatic rings. The Morgan fingerprint density at radius 2 is 1.57 bits per heavy atom. The van der Waals surface area contributed by atoms with Crippen molar-refractivity contribution < 1.29 is 19.1 Å². The summed E-state index contributed by atoms with van der Waals surface area (Å²) in [5, 5.41) is 9.87. The van der Waals surface area contributed by atoms with Gasteiger partial charge in [-0.25, -0.2) is 4.79 Å². The Labute approximate surface area is 237 Å². The van der Waals surface area contributed by atoms with Crippen molar-refractivity contribution in [3.8, 4) is 0 Å². The Morgan fingerprint density at radius 1 is 0.875 bits per heavy atom. The number of hydrogen-bond acceptors (Lipinski definition) is 4. The second-order valence-corrected chi connectivity index (χ2v) is 10.7. The van der Waals surface area contributed by atoms with Crippen molar-refractivity contribution in [3.63, 3.8) is 0 Å². The molecule has 0 aliphatic carbocycles. The molecule has 0 spiro atoms. The molecule has 1 unspecified atom stereocenters. The van der Waals surface area contributed by atoms with E-state index in [2.05, 4.69) is 34.8 Å². The number of aromatic nitrogens is 1. The second-order valence-electron chi connectivity index (χ2n) is 10.7. The SMILES string of the molecule is CCC(CC(C)C)C(=O)N[C@H](Cc1c[nH]c2ccccc12)C(=O)NCCCCCNC(=O)OCc1ccccc1. The van der Waals surface area contributed by atoms with Gasteiger partial charge in [-0.3, -0.25) is 9.59 Å². The lowest BCUT2D eigenvalue weighted by atomic mass is 9.93. The molecule has 8 heteroatoms. The minimum Gasteiger partial charge on any atom is -0.445 e. The zero-order valence-electron chi connectivity index (χ0n) is 24.0. The maximum absolute atomic E-state index is 13.2. The molecule has 0 saturated heterocycles. The van der Waals surface area contributed by atoms with Gasteiger partial charge < -0.3 is 25.7 Å². The number of aromatic amines is 1. The summed E-state index contributed by atoms with van der Waals surface area (Å²) in [6.07, 6.45) is 5.80. The smallest absolute Gasteiger partial charge is 0.407 e. The van der Waals surface area contributed by atoms with Crippen LogP contribution < -0.4 is 16.0 Å². The highest BCUT2D eigenvalue weighted by Gasteiger charge is 2.26. The van der Waals surface area contributed by atoms with E-state index in [0.29, 0.717) is 25.4 Å². The molecule has 3 amide bonds. The van der Waals surface area contributed by atoms with Gasteiger partial charge in [-0.15, -0.1) is 0 Å². The zero-order chi connectivity index (χ0) is 28.7. The number of unbranched alkanes of at least 4 members (excludes halogenated alkanes) is 2. The Balaban J connectivity index is 1.44. The van der Waals surface area contributed by atoms with Crippen LogP contribution in [0, 0.1) is 11.8 Å². The van der Waals surface area contributed by atoms with Crippen LogP contribution in [0.2, 0.25) is 0 Å². The number of H-pyrrole nitrogens is 1. The van der Waals surface area contributed by atoms with Crippen molar-refractivity contribution in [1.29, 1.82) is 0 Å². The highest BCUT2D eigenvalue weighted by atomic mass is 16.5. The van der Waals surface area contributed by atoms with Gasteiger partial charge in [0.25, 0.3) is 0 Å². The van der Waals surface area contributed by atoms with Gasteiger partial charge in [0.1, 0.15) is 12.6 Å². The van der Waals surface area contributed by atoms with Gasteiger partial charge in [-0.05, 0) is 55.2 Å². The topological polar surface area (TPSA) is 112 Å². The average Bonchev–Trinajstić information content (AvgIpc) is 3.36. The summed E-state index contributed by atoms with van der Waals surface area (Å²) in [7, 11) is 0. The number of nitrogens with one attached hydrogen (secondary N) is 4. The van der Waals surface area contributed by atoms with Gasteiger partial charge >= 0.3 is 6.09 Å². The number of amides is 3. The normalized spacial score (nSPS) is 12.6. The highest BCUT2D eigenvalue weighted by molar-refractivity contribution is 5.90. The summed E-state index contributed by atoms with van der Waals surface area (Å²) in [4.78, 5) is 41.5. The molecule has 0 saturated carbocycles. The fourth-order valence-corrected chi connectivity index (χ4v) is 4.77. The summed E-state index contributed by atoms with van der Waals surface area (Å²) in [5.41, 5.74) is 2.95. The third kappa shape index (κ3) is 10.1. The molecular formula is C32H44N4O4. The lowest BCUT2D eigenvalue weighted by Crippen LogP contribution is -2.50. The molecule has 8 nitrogen and oxygen atoms in total. The van der Waals surface area contributed by atoms with Crippen LogP contribution in [0.1, 0.15) is 64.0 Å². The minimum atomic E-state index is -0.658. The number of para-hydroxylation sites is 1. The van der Waals surface area contributed by atoms with Gasteiger partial charge in [0.05, 0.1) is 0 Å². The maximum atomic E-state index is 13.2. The van der Waals surface area contributed by atoms with Crippen molar-refractivity contribution in [2.24, 2.45) is 11.8 Å². The predicted molar refractivity (Wildman–Crippen MR) is 159 cm³/mol. The van der Waals surface area contributed by atoms with E-state index < -0.39 is 12.1 Å². The minimum absolute atomic E-state index is 0.0681. The lowest BCUT2D eigenvalue weighted by molar-refractivity contribution is -0.131. The number of benzene rings is 2. The first-order chi connectivity index (χ1) is 19.4. The molecule has 2 aromatic carbocycles. The van der Waals surface area contributed by atoms with Crippen molar-refractivity contribution in [1.82, 2.24) is 20.9 Å². The van der Waals surface area contributed by atoms with Crippen molar-refractivity contribution in [3.05, 3.63) is 71.9 Å². The van der Waals surface area contributed by atoms with Crippen LogP contribution in [0.25, 0.3) is 10.9 Å². The zero-order valence-corrected chi connectivity index (χ0v) is 24.0. The van der Waals surface area contributed by atoms with Crippen molar-refractivity contribution in [2.45, 2.75) is 71.9 Å². The number of carbonyl (C=O) groups is 3. The van der Waals surface area contributed by atoms with Crippen LogP contribution in [0.15, 0.2) is 60.8 Å². The molecule has 40 heavy (non-hydrogen) atoms. The van der Waals surface area contributed by atoms with E-state index in [1.807, 2.05) is 67.7 Å². The van der Waals surface area contributed by atoms with Crippen LogP contribution in [0.3, 0.4) is 0 Å². The number of hydrogen-bond donors (Lipinski definition) is 4. The maximum Gasteiger partial charge on any atom is 0.407 e. The fourth-order valence-electron chi connectivity index (χ4n) is 4.77. The van der Waals surface area contributed by atoms with Gasteiger partial charge in [0.15, 0.2) is 0 Å². The van der Waals surface area contributed by atoms with E-state index in [9.17, 15) is 14.4 Å². The molecular weight excluding hydrogens is 504 g/mol. The standard InChI is InChI=1S/C32H44N4O4/c1-4-25(19-23(2)3)30(37)36-29(20-26-21-35-28-16-10-9-15-27(26)28)31(38)33-17-11-6-12-18-34-32(39)40-22-24-13-7-5-8-14-24/h5,7-10,13-16,21,23,25,29,35H,4,6,11-12,17-20,22H2,1-3H3,(H,33,38)(H,34,39)(H,36,37)/t25?,29-/m1/s1. The molecule has 0 aliphatic heterocycles. The molecule has 4 N–H and O–H groups in total. The number of carbonyl (C=O) groups excluding carboxylic acids is 3. The lowest BCUT2D eigenvalue weighted by Gasteiger charge is -2.23. The Kier molecular flexibility index (Phi) is 12.5. The van der Waals surface area contributed by atoms with Crippen LogP contribution in [0.5, 0.6) is 0 Å². The van der Waals surface area contributed by atoms with Crippen molar-refractivity contribution >= 4 is 28.8 Å². The summed E-state index contributed by atoms with van der Waals surface area (Å²) in [5.74, 6) is 0.0315. The summed E-state index contributed by atoms with van der Waals surface area (Å²) in [6, 6.07) is 16.9.